The molecule has 2 aromatic heterocycles. The van der Waals surface area contributed by atoms with Crippen LogP contribution in [0.4, 0.5) is 0 Å². The molecule has 0 aliphatic rings. The molecule has 1 amide bonds. The van der Waals surface area contributed by atoms with Gasteiger partial charge >= 0.3 is 0 Å². The number of hydrogen-bond acceptors (Lipinski definition) is 5. The zero-order valence-corrected chi connectivity index (χ0v) is 16.6. The monoisotopic (exact) mass is 406 g/mol. The quantitative estimate of drug-likeness (QED) is 0.281. The summed E-state index contributed by atoms with van der Waals surface area (Å²) in [5, 5.41) is 6.79. The zero-order valence-electron chi connectivity index (χ0n) is 15.0. The normalized spacial score (nSPS) is 11.3. The van der Waals surface area contributed by atoms with Crippen LogP contribution in [0.5, 0.6) is 0 Å². The Bertz CT molecular complexity index is 1090. The first-order valence-corrected chi connectivity index (χ1v) is 10.6. The Balaban J connectivity index is 1.47. The highest BCUT2D eigenvalue weighted by Crippen LogP contribution is 2.25. The van der Waals surface area contributed by atoms with Gasteiger partial charge in [0.25, 0.3) is 5.91 Å². The maximum Gasteiger partial charge on any atom is 0.250 e. The molecule has 0 unspecified atom stereocenters. The number of para-hydroxylation sites is 2. The van der Waals surface area contributed by atoms with Crippen molar-refractivity contribution in [3.8, 4) is 0 Å². The second-order valence-electron chi connectivity index (χ2n) is 6.05. The minimum atomic E-state index is -0.156. The van der Waals surface area contributed by atoms with Crippen LogP contribution in [0.15, 0.2) is 82.4 Å². The third kappa shape index (κ3) is 4.49. The SMILES string of the molecule is O=C(CSc1nc2ccccc2n1Cc1ccccc1)NN=Cc1cccs1. The Morgan fingerprint density at radius 2 is 1.93 bits per heavy atom. The van der Waals surface area contributed by atoms with E-state index in [2.05, 4.69) is 33.3 Å². The maximum atomic E-state index is 12.2. The van der Waals surface area contributed by atoms with Crippen molar-refractivity contribution in [1.82, 2.24) is 15.0 Å². The van der Waals surface area contributed by atoms with E-state index in [-0.39, 0.29) is 11.7 Å². The molecule has 0 aliphatic heterocycles. The second-order valence-corrected chi connectivity index (χ2v) is 7.97. The fourth-order valence-electron chi connectivity index (χ4n) is 2.78. The number of nitrogens with zero attached hydrogens (tertiary/aromatic N) is 3. The van der Waals surface area contributed by atoms with E-state index in [1.807, 2.05) is 53.9 Å². The minimum absolute atomic E-state index is 0.156. The predicted octanol–water partition coefficient (Wildman–Crippen LogP) is 4.39. The van der Waals surface area contributed by atoms with Gasteiger partial charge in [0, 0.05) is 4.88 Å². The Morgan fingerprint density at radius 1 is 1.11 bits per heavy atom. The molecule has 2 aromatic carbocycles. The van der Waals surface area contributed by atoms with Gasteiger partial charge in [-0.2, -0.15) is 5.10 Å². The number of rotatable bonds is 7. The molecule has 0 radical (unpaired) electrons. The Kier molecular flexibility index (Phi) is 5.84. The molecule has 0 saturated heterocycles. The minimum Gasteiger partial charge on any atom is -0.314 e. The van der Waals surface area contributed by atoms with Crippen LogP contribution in [0, 0.1) is 0 Å². The van der Waals surface area contributed by atoms with Crippen LogP contribution in [0.1, 0.15) is 10.4 Å². The van der Waals surface area contributed by atoms with Gasteiger partial charge in [0.1, 0.15) is 0 Å². The van der Waals surface area contributed by atoms with E-state index in [1.54, 1.807) is 17.6 Å². The summed E-state index contributed by atoms with van der Waals surface area (Å²) in [4.78, 5) is 17.9. The van der Waals surface area contributed by atoms with Gasteiger partial charge in [-0.3, -0.25) is 4.79 Å². The number of thiophene rings is 1. The van der Waals surface area contributed by atoms with Gasteiger partial charge in [-0.25, -0.2) is 10.4 Å². The van der Waals surface area contributed by atoms with Gasteiger partial charge in [0.2, 0.25) is 0 Å². The largest absolute Gasteiger partial charge is 0.314 e. The van der Waals surface area contributed by atoms with Crippen molar-refractivity contribution >= 4 is 46.3 Å². The van der Waals surface area contributed by atoms with Gasteiger partial charge in [-0.1, -0.05) is 60.3 Å². The summed E-state index contributed by atoms with van der Waals surface area (Å²) in [6.07, 6.45) is 1.65. The standard InChI is InChI=1S/C21H18N4OS2/c26-20(24-22-13-17-9-6-12-27-17)15-28-21-23-18-10-4-5-11-19(18)25(21)14-16-7-2-1-3-8-16/h1-13H,14-15H2,(H,24,26). The van der Waals surface area contributed by atoms with Gasteiger partial charge in [0.05, 0.1) is 29.5 Å². The first-order valence-electron chi connectivity index (χ1n) is 8.77. The number of aromatic nitrogens is 2. The van der Waals surface area contributed by atoms with E-state index >= 15 is 0 Å². The smallest absolute Gasteiger partial charge is 0.250 e. The molecule has 2 heterocycles. The van der Waals surface area contributed by atoms with Crippen molar-refractivity contribution in [2.45, 2.75) is 11.7 Å². The first-order chi connectivity index (χ1) is 13.8. The average molecular weight is 407 g/mol. The summed E-state index contributed by atoms with van der Waals surface area (Å²) in [5.74, 6) is 0.0935. The maximum absolute atomic E-state index is 12.2. The van der Waals surface area contributed by atoms with Crippen LogP contribution in [0.25, 0.3) is 11.0 Å². The number of hydrogen-bond donors (Lipinski definition) is 1. The molecule has 4 aromatic rings. The second kappa shape index (κ2) is 8.86. The average Bonchev–Trinajstić information content (AvgIpc) is 3.36. The van der Waals surface area contributed by atoms with Crippen LogP contribution in [-0.4, -0.2) is 27.4 Å². The number of benzene rings is 2. The number of carbonyl (C=O) groups excluding carboxylic acids is 1. The van der Waals surface area contributed by atoms with Crippen molar-refractivity contribution in [3.05, 3.63) is 82.6 Å². The van der Waals surface area contributed by atoms with Crippen LogP contribution >= 0.6 is 23.1 Å². The number of nitrogens with one attached hydrogen (secondary N) is 1. The Labute approximate surface area is 171 Å². The molecule has 0 aliphatic carbocycles. The summed E-state index contributed by atoms with van der Waals surface area (Å²) in [6, 6.07) is 22.2. The molecule has 0 saturated carbocycles. The van der Waals surface area contributed by atoms with Crippen molar-refractivity contribution < 1.29 is 4.79 Å². The molecule has 0 fully saturated rings. The zero-order chi connectivity index (χ0) is 19.2. The summed E-state index contributed by atoms with van der Waals surface area (Å²) in [6.45, 7) is 0.710. The molecule has 7 heteroatoms. The van der Waals surface area contributed by atoms with Gasteiger partial charge in [-0.15, -0.1) is 11.3 Å². The number of carbonyl (C=O) groups is 1. The molecule has 1 N–H and O–H groups in total. The molecule has 0 spiro atoms. The number of imidazole rings is 1. The molecule has 0 bridgehead atoms. The van der Waals surface area contributed by atoms with Crippen molar-refractivity contribution in [2.24, 2.45) is 5.10 Å². The van der Waals surface area contributed by atoms with Crippen LogP contribution in [0.2, 0.25) is 0 Å². The van der Waals surface area contributed by atoms with Crippen LogP contribution < -0.4 is 5.43 Å². The van der Waals surface area contributed by atoms with Crippen LogP contribution in [-0.2, 0) is 11.3 Å². The lowest BCUT2D eigenvalue weighted by Gasteiger charge is -2.09. The lowest BCUT2D eigenvalue weighted by atomic mass is 10.2. The first kappa shape index (κ1) is 18.5. The van der Waals surface area contributed by atoms with Gasteiger partial charge < -0.3 is 4.57 Å². The summed E-state index contributed by atoms with van der Waals surface area (Å²) in [7, 11) is 0. The molecule has 0 atom stereocenters. The van der Waals surface area contributed by atoms with Crippen molar-refractivity contribution in [2.75, 3.05) is 5.75 Å². The number of fused-ring (bicyclic) bond motifs is 1. The lowest BCUT2D eigenvalue weighted by Crippen LogP contribution is -2.20. The lowest BCUT2D eigenvalue weighted by molar-refractivity contribution is -0.118. The van der Waals surface area contributed by atoms with E-state index in [4.69, 9.17) is 4.98 Å². The van der Waals surface area contributed by atoms with Gasteiger partial charge in [0.15, 0.2) is 5.16 Å². The van der Waals surface area contributed by atoms with E-state index in [9.17, 15) is 4.79 Å². The fourth-order valence-corrected chi connectivity index (χ4v) is 4.17. The highest BCUT2D eigenvalue weighted by molar-refractivity contribution is 7.99. The third-order valence-corrected chi connectivity index (χ3v) is 5.84. The fraction of sp³-hybridized carbons (Fsp3) is 0.0952. The highest BCUT2D eigenvalue weighted by atomic mass is 32.2. The molecule has 28 heavy (non-hydrogen) atoms. The van der Waals surface area contributed by atoms with E-state index in [0.717, 1.165) is 21.1 Å². The number of hydrazone groups is 1. The van der Waals surface area contributed by atoms with Crippen LogP contribution in [0.3, 0.4) is 0 Å². The Morgan fingerprint density at radius 3 is 2.75 bits per heavy atom. The summed E-state index contributed by atoms with van der Waals surface area (Å²) >= 11 is 2.99. The van der Waals surface area contributed by atoms with Crippen molar-refractivity contribution in [3.63, 3.8) is 0 Å². The summed E-state index contributed by atoms with van der Waals surface area (Å²) < 4.78 is 2.15. The molecule has 5 nitrogen and oxygen atoms in total. The molecule has 140 valence electrons. The third-order valence-electron chi connectivity index (χ3n) is 4.06. The highest BCUT2D eigenvalue weighted by Gasteiger charge is 2.13. The number of amides is 1. The molecular formula is C21H18N4OS2. The van der Waals surface area contributed by atoms with E-state index in [0.29, 0.717) is 6.54 Å². The van der Waals surface area contributed by atoms with Crippen molar-refractivity contribution in [1.29, 1.82) is 0 Å². The topological polar surface area (TPSA) is 59.3 Å². The van der Waals surface area contributed by atoms with E-state index < -0.39 is 0 Å². The Hall–Kier alpha value is -2.90. The molecular weight excluding hydrogens is 388 g/mol. The predicted molar refractivity (Wildman–Crippen MR) is 116 cm³/mol. The van der Waals surface area contributed by atoms with E-state index in [1.165, 1.54) is 17.3 Å². The number of thioether (sulfide) groups is 1. The summed E-state index contributed by atoms with van der Waals surface area (Å²) in [5.41, 5.74) is 5.75. The molecule has 4 rings (SSSR count). The van der Waals surface area contributed by atoms with Gasteiger partial charge in [-0.05, 0) is 29.1 Å².